The summed E-state index contributed by atoms with van der Waals surface area (Å²) in [5.41, 5.74) is 1.55. The van der Waals surface area contributed by atoms with Crippen molar-refractivity contribution in [3.63, 3.8) is 0 Å². The van der Waals surface area contributed by atoms with Gasteiger partial charge in [0.25, 0.3) is 11.8 Å². The van der Waals surface area contributed by atoms with Crippen LogP contribution in [0.15, 0.2) is 58.4 Å². The molecule has 30 heavy (non-hydrogen) atoms. The van der Waals surface area contributed by atoms with Crippen LogP contribution in [0.1, 0.15) is 12.5 Å². The number of rotatable bonds is 7. The Morgan fingerprint density at radius 1 is 1.13 bits per heavy atom. The minimum absolute atomic E-state index is 0.0783. The van der Waals surface area contributed by atoms with Crippen LogP contribution in [0, 0.1) is 0 Å². The number of nitrogens with one attached hydrogen (secondary N) is 1. The molecule has 7 nitrogen and oxygen atoms in total. The first kappa shape index (κ1) is 21.4. The highest BCUT2D eigenvalue weighted by atomic mass is 32.2. The normalized spacial score (nSPS) is 15.9. The van der Waals surface area contributed by atoms with E-state index in [1.54, 1.807) is 32.3 Å². The Hall–Kier alpha value is -3.26. The molecule has 156 valence electrons. The summed E-state index contributed by atoms with van der Waals surface area (Å²) in [6, 6.07) is 14.8. The Morgan fingerprint density at radius 3 is 2.60 bits per heavy atom. The molecule has 1 aliphatic rings. The van der Waals surface area contributed by atoms with Gasteiger partial charge in [0.05, 0.1) is 17.2 Å². The van der Waals surface area contributed by atoms with Crippen LogP contribution in [-0.2, 0) is 9.59 Å². The molecule has 2 aromatic rings. The summed E-state index contributed by atoms with van der Waals surface area (Å²) < 4.78 is 11.3. The number of amidine groups is 1. The number of para-hydroxylation sites is 1. The smallest absolute Gasteiger partial charge is 0.264 e. The average molecular weight is 426 g/mol. The van der Waals surface area contributed by atoms with Crippen molar-refractivity contribution in [2.24, 2.45) is 4.99 Å². The van der Waals surface area contributed by atoms with Crippen molar-refractivity contribution >= 4 is 40.5 Å². The summed E-state index contributed by atoms with van der Waals surface area (Å²) >= 11 is 1.28. The van der Waals surface area contributed by atoms with Gasteiger partial charge in [-0.2, -0.15) is 0 Å². The maximum absolute atomic E-state index is 12.3. The van der Waals surface area contributed by atoms with E-state index in [1.165, 1.54) is 16.7 Å². The molecule has 0 spiro atoms. The molecular formula is C22H23N3O4S. The van der Waals surface area contributed by atoms with Crippen molar-refractivity contribution in [3.8, 4) is 11.5 Å². The molecule has 8 heteroatoms. The fourth-order valence-electron chi connectivity index (χ4n) is 2.52. The van der Waals surface area contributed by atoms with Gasteiger partial charge in [0.1, 0.15) is 0 Å². The van der Waals surface area contributed by atoms with Crippen LogP contribution in [0.5, 0.6) is 11.5 Å². The van der Waals surface area contributed by atoms with Crippen LogP contribution < -0.4 is 14.8 Å². The molecule has 2 amide bonds. The SMILES string of the molecule is CCOc1cc(/C=C2\SC(=Nc3ccccc3)NC2=O)ccc1OCC(=O)N(C)C. The Kier molecular flexibility index (Phi) is 7.13. The molecule has 1 saturated heterocycles. The third kappa shape index (κ3) is 5.64. The highest BCUT2D eigenvalue weighted by molar-refractivity contribution is 8.18. The van der Waals surface area contributed by atoms with Gasteiger partial charge in [0.15, 0.2) is 23.3 Å². The van der Waals surface area contributed by atoms with Gasteiger partial charge in [-0.05, 0) is 54.6 Å². The van der Waals surface area contributed by atoms with Crippen LogP contribution in [0.3, 0.4) is 0 Å². The quantitative estimate of drug-likeness (QED) is 0.688. The van der Waals surface area contributed by atoms with Crippen molar-refractivity contribution in [2.45, 2.75) is 6.92 Å². The number of amides is 2. The summed E-state index contributed by atoms with van der Waals surface area (Å²) in [6.07, 6.45) is 1.77. The topological polar surface area (TPSA) is 80.2 Å². The molecule has 1 fully saturated rings. The summed E-state index contributed by atoms with van der Waals surface area (Å²) in [5, 5.41) is 3.31. The van der Waals surface area contributed by atoms with Crippen molar-refractivity contribution < 1.29 is 19.1 Å². The van der Waals surface area contributed by atoms with Gasteiger partial charge in [-0.1, -0.05) is 24.3 Å². The van der Waals surface area contributed by atoms with E-state index in [9.17, 15) is 9.59 Å². The zero-order valence-electron chi connectivity index (χ0n) is 17.0. The zero-order valence-corrected chi connectivity index (χ0v) is 17.9. The van der Waals surface area contributed by atoms with Crippen molar-refractivity contribution in [1.82, 2.24) is 10.2 Å². The molecular weight excluding hydrogens is 402 g/mol. The number of aliphatic imine (C=N–C) groups is 1. The van der Waals surface area contributed by atoms with Crippen LogP contribution in [0.4, 0.5) is 5.69 Å². The predicted octanol–water partition coefficient (Wildman–Crippen LogP) is 3.44. The lowest BCUT2D eigenvalue weighted by Crippen LogP contribution is -2.27. The van der Waals surface area contributed by atoms with Gasteiger partial charge in [-0.15, -0.1) is 0 Å². The van der Waals surface area contributed by atoms with Crippen LogP contribution in [-0.4, -0.2) is 49.2 Å². The van der Waals surface area contributed by atoms with Crippen LogP contribution in [0.25, 0.3) is 6.08 Å². The second-order valence-electron chi connectivity index (χ2n) is 6.53. The second-order valence-corrected chi connectivity index (χ2v) is 7.56. The monoisotopic (exact) mass is 425 g/mol. The third-order valence-corrected chi connectivity index (χ3v) is 4.96. The van der Waals surface area contributed by atoms with E-state index in [0.29, 0.717) is 28.2 Å². The standard InChI is InChI=1S/C22H23N3O4S/c1-4-28-18-12-15(10-11-17(18)29-14-20(26)25(2)3)13-19-21(27)24-22(30-19)23-16-8-6-5-7-9-16/h5-13H,4,14H2,1-3H3,(H,23,24,27)/b19-13-. The van der Waals surface area contributed by atoms with Gasteiger partial charge in [0.2, 0.25) is 0 Å². The predicted molar refractivity (Wildman–Crippen MR) is 119 cm³/mol. The molecule has 0 atom stereocenters. The highest BCUT2D eigenvalue weighted by Gasteiger charge is 2.24. The molecule has 0 aliphatic carbocycles. The van der Waals surface area contributed by atoms with Crippen molar-refractivity contribution in [2.75, 3.05) is 27.3 Å². The molecule has 3 rings (SSSR count). The summed E-state index contributed by atoms with van der Waals surface area (Å²) in [6.45, 7) is 2.23. The Labute approximate surface area is 179 Å². The van der Waals surface area contributed by atoms with Crippen LogP contribution in [0.2, 0.25) is 0 Å². The zero-order chi connectivity index (χ0) is 21.5. The number of likely N-dealkylation sites (N-methyl/N-ethyl adjacent to an activating group) is 1. The maximum atomic E-state index is 12.3. The Balaban J connectivity index is 1.77. The molecule has 0 saturated carbocycles. The number of hydrogen-bond acceptors (Lipinski definition) is 6. The van der Waals surface area contributed by atoms with E-state index < -0.39 is 0 Å². The first-order valence-corrected chi connectivity index (χ1v) is 10.2. The lowest BCUT2D eigenvalue weighted by atomic mass is 10.2. The average Bonchev–Trinajstić information content (AvgIpc) is 3.06. The highest BCUT2D eigenvalue weighted by Crippen LogP contribution is 2.32. The third-order valence-electron chi connectivity index (χ3n) is 4.05. The van der Waals surface area contributed by atoms with E-state index >= 15 is 0 Å². The van der Waals surface area contributed by atoms with Gasteiger partial charge in [0, 0.05) is 14.1 Å². The van der Waals surface area contributed by atoms with Crippen molar-refractivity contribution in [1.29, 1.82) is 0 Å². The first-order valence-electron chi connectivity index (χ1n) is 9.40. The maximum Gasteiger partial charge on any atom is 0.264 e. The van der Waals surface area contributed by atoms with Gasteiger partial charge in [-0.25, -0.2) is 4.99 Å². The first-order chi connectivity index (χ1) is 14.5. The van der Waals surface area contributed by atoms with E-state index in [0.717, 1.165) is 11.3 Å². The molecule has 0 unspecified atom stereocenters. The van der Waals surface area contributed by atoms with E-state index in [-0.39, 0.29) is 18.4 Å². The van der Waals surface area contributed by atoms with Crippen LogP contribution >= 0.6 is 11.8 Å². The lowest BCUT2D eigenvalue weighted by molar-refractivity contribution is -0.130. The number of benzene rings is 2. The number of carbonyl (C=O) groups is 2. The van der Waals surface area contributed by atoms with Gasteiger partial charge >= 0.3 is 0 Å². The molecule has 0 radical (unpaired) electrons. The van der Waals surface area contributed by atoms with Gasteiger partial charge < -0.3 is 19.7 Å². The fourth-order valence-corrected chi connectivity index (χ4v) is 3.36. The Morgan fingerprint density at radius 2 is 1.90 bits per heavy atom. The number of nitrogens with zero attached hydrogens (tertiary/aromatic N) is 2. The largest absolute Gasteiger partial charge is 0.490 e. The Bertz CT molecular complexity index is 987. The van der Waals surface area contributed by atoms with Crippen molar-refractivity contribution in [3.05, 3.63) is 59.0 Å². The molecule has 1 N–H and O–H groups in total. The van der Waals surface area contributed by atoms with E-state index in [4.69, 9.17) is 9.47 Å². The number of hydrogen-bond donors (Lipinski definition) is 1. The molecule has 1 heterocycles. The summed E-state index contributed by atoms with van der Waals surface area (Å²) in [5.74, 6) is 0.640. The molecule has 1 aliphatic heterocycles. The number of thioether (sulfide) groups is 1. The second kappa shape index (κ2) is 9.98. The molecule has 0 bridgehead atoms. The molecule has 2 aromatic carbocycles. The summed E-state index contributed by atoms with van der Waals surface area (Å²) in [4.78, 5) is 30.5. The summed E-state index contributed by atoms with van der Waals surface area (Å²) in [7, 11) is 3.34. The molecule has 0 aromatic heterocycles. The fraction of sp³-hybridized carbons (Fsp3) is 0.227. The van der Waals surface area contributed by atoms with E-state index in [2.05, 4.69) is 10.3 Å². The lowest BCUT2D eigenvalue weighted by Gasteiger charge is -2.14. The number of ether oxygens (including phenoxy) is 2. The minimum atomic E-state index is -0.204. The number of carbonyl (C=O) groups excluding carboxylic acids is 2. The minimum Gasteiger partial charge on any atom is -0.490 e. The van der Waals surface area contributed by atoms with Gasteiger partial charge in [-0.3, -0.25) is 9.59 Å². The van der Waals surface area contributed by atoms with E-state index in [1.807, 2.05) is 43.3 Å².